The van der Waals surface area contributed by atoms with Gasteiger partial charge in [0, 0.05) is 37.9 Å². The summed E-state index contributed by atoms with van der Waals surface area (Å²) in [6.07, 6.45) is 6.72. The first-order valence-electron chi connectivity index (χ1n) is 10.3. The van der Waals surface area contributed by atoms with E-state index in [1.165, 1.54) is 29.0 Å². The van der Waals surface area contributed by atoms with Crippen LogP contribution in [0.3, 0.4) is 0 Å². The maximum atomic E-state index is 9.86. The van der Waals surface area contributed by atoms with Gasteiger partial charge in [-0.15, -0.1) is 11.3 Å². The Bertz CT molecular complexity index is 1100. The number of rotatable bonds is 4. The molecule has 1 aliphatic carbocycles. The number of aryl methyl sites for hydroxylation is 2. The van der Waals surface area contributed by atoms with Crippen molar-refractivity contribution in [2.45, 2.75) is 52.1 Å². The highest BCUT2D eigenvalue weighted by atomic mass is 35.5. The number of pyridine rings is 1. The summed E-state index contributed by atoms with van der Waals surface area (Å²) in [4.78, 5) is 5.60. The van der Waals surface area contributed by atoms with Gasteiger partial charge in [0.1, 0.15) is 29.7 Å². The zero-order valence-corrected chi connectivity index (χ0v) is 18.6. The Labute approximate surface area is 186 Å². The lowest BCUT2D eigenvalue weighted by Crippen LogP contribution is -2.23. The fourth-order valence-electron chi connectivity index (χ4n) is 4.05. The van der Waals surface area contributed by atoms with E-state index in [0.29, 0.717) is 23.0 Å². The minimum absolute atomic E-state index is 0.469. The summed E-state index contributed by atoms with van der Waals surface area (Å²) < 4.78 is 5.96. The molecule has 0 aliphatic heterocycles. The Morgan fingerprint density at radius 1 is 1.17 bits per heavy atom. The highest BCUT2D eigenvalue weighted by Crippen LogP contribution is 2.39. The molecule has 0 amide bonds. The molecular weight excluding hydrogens is 414 g/mol. The molecule has 0 atom stereocenters. The van der Waals surface area contributed by atoms with E-state index in [2.05, 4.69) is 24.0 Å². The number of nitrogens with two attached hydrogens (primary N) is 1. The van der Waals surface area contributed by atoms with E-state index < -0.39 is 0 Å². The van der Waals surface area contributed by atoms with E-state index in [0.717, 1.165) is 47.4 Å². The summed E-state index contributed by atoms with van der Waals surface area (Å²) in [5.74, 6) is 1.25. The fourth-order valence-corrected chi connectivity index (χ4v) is 5.28. The molecule has 4 rings (SSSR count). The van der Waals surface area contributed by atoms with Crippen LogP contribution < -0.4 is 15.5 Å². The van der Waals surface area contributed by atoms with Crippen LogP contribution in [0.4, 0.5) is 5.82 Å². The van der Waals surface area contributed by atoms with Crippen LogP contribution in [0, 0.1) is 18.3 Å². The number of thiophene rings is 1. The van der Waals surface area contributed by atoms with Gasteiger partial charge in [-0.05, 0) is 56.5 Å². The Kier molecular flexibility index (Phi) is 6.26. The Hall–Kier alpha value is -2.55. The summed E-state index contributed by atoms with van der Waals surface area (Å²) in [5.41, 5.74) is 11.4. The number of hydrogen-bond donors (Lipinski definition) is 1. The quantitative estimate of drug-likeness (QED) is 0.552. The molecule has 30 heavy (non-hydrogen) atoms. The average Bonchev–Trinajstić information content (AvgIpc) is 3.08. The minimum Gasteiger partial charge on any atom is -0.489 e. The van der Waals surface area contributed by atoms with Gasteiger partial charge in [-0.3, -0.25) is 5.73 Å². The zero-order valence-electron chi connectivity index (χ0n) is 17.1. The van der Waals surface area contributed by atoms with Crippen molar-refractivity contribution in [2.75, 3.05) is 5.73 Å². The lowest BCUT2D eigenvalue weighted by atomic mass is 9.90. The highest BCUT2D eigenvalue weighted by Gasteiger charge is 2.25. The van der Waals surface area contributed by atoms with Crippen LogP contribution in [-0.4, -0.2) is 0 Å². The third-order valence-electron chi connectivity index (χ3n) is 5.66. The Balaban J connectivity index is 1.70. The second kappa shape index (κ2) is 9.07. The third kappa shape index (κ3) is 4.30. The minimum atomic E-state index is 0.469. The van der Waals surface area contributed by atoms with Gasteiger partial charge in [0.25, 0.3) is 5.82 Å². The molecule has 1 aromatic carbocycles. The van der Waals surface area contributed by atoms with Crippen LogP contribution >= 0.6 is 22.9 Å². The van der Waals surface area contributed by atoms with Crippen molar-refractivity contribution in [1.82, 2.24) is 0 Å². The lowest BCUT2D eigenvalue weighted by molar-refractivity contribution is -0.374. The summed E-state index contributed by atoms with van der Waals surface area (Å²) in [6, 6.07) is 11.9. The Morgan fingerprint density at radius 3 is 2.63 bits per heavy atom. The van der Waals surface area contributed by atoms with Crippen LogP contribution in [0.5, 0.6) is 5.75 Å². The topological polar surface area (TPSA) is 73.2 Å². The first-order valence-corrected chi connectivity index (χ1v) is 11.5. The smallest absolute Gasteiger partial charge is 0.289 e. The van der Waals surface area contributed by atoms with Gasteiger partial charge in [-0.1, -0.05) is 24.4 Å². The molecule has 3 N–H and O–H groups in total. The number of H-pyrrole nitrogens is 1. The van der Waals surface area contributed by atoms with E-state index in [-0.39, 0.29) is 0 Å². The van der Waals surface area contributed by atoms with Crippen molar-refractivity contribution in [2.24, 2.45) is 0 Å². The highest BCUT2D eigenvalue weighted by molar-refractivity contribution is 7.15. The van der Waals surface area contributed by atoms with Crippen LogP contribution in [0.15, 0.2) is 30.3 Å². The van der Waals surface area contributed by atoms with Crippen molar-refractivity contribution < 1.29 is 9.72 Å². The predicted molar refractivity (Wildman–Crippen MR) is 122 cm³/mol. The lowest BCUT2D eigenvalue weighted by Gasteiger charge is -2.16. The molecule has 0 saturated carbocycles. The molecule has 0 fully saturated rings. The number of nitrogen functional groups attached to an aromatic ring is 1. The number of benzene rings is 1. The predicted octanol–water partition coefficient (Wildman–Crippen LogP) is 5.88. The normalized spacial score (nSPS) is 13.8. The number of nitrogens with zero attached hydrogens (tertiary/aromatic N) is 1. The van der Waals surface area contributed by atoms with E-state index in [4.69, 9.17) is 22.1 Å². The molecule has 4 nitrogen and oxygen atoms in total. The number of nitrogens with one attached hydrogen (secondary N) is 1. The standard InChI is InChI=1S/C24H24ClN3OS/c1-15-16(14-29-18-10-8-17(25)9-11-18)12-22(30-15)23-19-6-4-2-3-5-7-21(19)28-24(27)20(23)13-26/h8-12H,2-7,14H2,1H3,(H2,27,28)/p+1. The first kappa shape index (κ1) is 20.7. The number of ether oxygens (including phenoxy) is 1. The van der Waals surface area contributed by atoms with Crippen molar-refractivity contribution in [3.63, 3.8) is 0 Å². The number of hydrogen-bond acceptors (Lipinski definition) is 4. The number of aromatic amines is 1. The van der Waals surface area contributed by atoms with Gasteiger partial charge >= 0.3 is 0 Å². The van der Waals surface area contributed by atoms with Crippen LogP contribution in [0.2, 0.25) is 5.02 Å². The van der Waals surface area contributed by atoms with Crippen LogP contribution in [-0.2, 0) is 19.4 Å². The first-order chi connectivity index (χ1) is 14.6. The Morgan fingerprint density at radius 2 is 1.90 bits per heavy atom. The molecule has 0 unspecified atom stereocenters. The van der Waals surface area contributed by atoms with Gasteiger partial charge in [0.15, 0.2) is 0 Å². The van der Waals surface area contributed by atoms with Crippen molar-refractivity contribution in [3.8, 4) is 22.3 Å². The molecule has 0 radical (unpaired) electrons. The second-order valence-electron chi connectivity index (χ2n) is 7.71. The monoisotopic (exact) mass is 438 g/mol. The van der Waals surface area contributed by atoms with Gasteiger partial charge in [-0.25, -0.2) is 4.98 Å². The third-order valence-corrected chi connectivity index (χ3v) is 7.02. The average molecular weight is 439 g/mol. The van der Waals surface area contributed by atoms with Crippen LogP contribution in [0.1, 0.15) is 52.9 Å². The van der Waals surface area contributed by atoms with E-state index in [1.807, 2.05) is 24.3 Å². The molecule has 2 heterocycles. The summed E-state index contributed by atoms with van der Waals surface area (Å²) in [5, 5.41) is 10.5. The van der Waals surface area contributed by atoms with Crippen LogP contribution in [0.25, 0.3) is 10.4 Å². The van der Waals surface area contributed by atoms with E-state index in [1.54, 1.807) is 11.3 Å². The maximum Gasteiger partial charge on any atom is 0.289 e. The molecule has 0 bridgehead atoms. The van der Waals surface area contributed by atoms with Crippen molar-refractivity contribution in [1.29, 1.82) is 5.26 Å². The zero-order chi connectivity index (χ0) is 21.1. The van der Waals surface area contributed by atoms with Crippen molar-refractivity contribution >= 4 is 28.8 Å². The molecule has 154 valence electrons. The number of aromatic nitrogens is 1. The number of anilines is 1. The summed E-state index contributed by atoms with van der Waals surface area (Å²) >= 11 is 7.66. The largest absolute Gasteiger partial charge is 0.489 e. The van der Waals surface area contributed by atoms with Gasteiger partial charge in [-0.2, -0.15) is 5.26 Å². The molecule has 3 aromatic rings. The summed E-state index contributed by atoms with van der Waals surface area (Å²) in [6.45, 7) is 2.57. The second-order valence-corrected chi connectivity index (χ2v) is 9.40. The fraction of sp³-hybridized carbons (Fsp3) is 0.333. The molecular formula is C24H25ClN3OS+. The SMILES string of the molecule is Cc1sc(-c2c(C#N)c(N)[nH+]c3c2CCCCCC3)cc1COc1ccc(Cl)cc1. The molecule has 2 aromatic heterocycles. The van der Waals surface area contributed by atoms with Crippen molar-refractivity contribution in [3.05, 3.63) is 62.6 Å². The summed E-state index contributed by atoms with van der Waals surface area (Å²) in [7, 11) is 0. The maximum absolute atomic E-state index is 9.86. The van der Waals surface area contributed by atoms with Gasteiger partial charge in [0.05, 0.1) is 0 Å². The molecule has 0 saturated heterocycles. The molecule has 1 aliphatic rings. The number of fused-ring (bicyclic) bond motifs is 1. The number of nitriles is 1. The molecule has 0 spiro atoms. The number of halogens is 1. The molecule has 6 heteroatoms. The van der Waals surface area contributed by atoms with Gasteiger partial charge < -0.3 is 4.74 Å². The van der Waals surface area contributed by atoms with E-state index in [9.17, 15) is 5.26 Å². The van der Waals surface area contributed by atoms with Gasteiger partial charge in [0.2, 0.25) is 0 Å². The van der Waals surface area contributed by atoms with E-state index >= 15 is 0 Å².